The average molecular weight is 272 g/mol. The van der Waals surface area contributed by atoms with Gasteiger partial charge in [-0.15, -0.1) is 0 Å². The number of fused-ring (bicyclic) bond motifs is 1. The second-order valence-corrected chi connectivity index (χ2v) is 4.16. The quantitative estimate of drug-likeness (QED) is 0.585. The molecule has 0 aliphatic heterocycles. The van der Waals surface area contributed by atoms with Crippen molar-refractivity contribution in [1.82, 2.24) is 5.43 Å². The van der Waals surface area contributed by atoms with Gasteiger partial charge in [-0.2, -0.15) is 5.10 Å². The molecule has 6 nitrogen and oxygen atoms in total. The molecule has 0 aliphatic carbocycles. The topological polar surface area (TPSA) is 99.0 Å². The fraction of sp³-hybridized carbons (Fsp3) is 0.0714. The lowest BCUT2D eigenvalue weighted by atomic mass is 10.1. The van der Waals surface area contributed by atoms with Gasteiger partial charge in [-0.05, 0) is 29.8 Å². The molecular formula is C14H12N2O4. The van der Waals surface area contributed by atoms with Crippen LogP contribution in [0, 0.1) is 0 Å². The highest BCUT2D eigenvalue weighted by atomic mass is 16.4. The molecule has 6 heteroatoms. The third-order valence-corrected chi connectivity index (χ3v) is 2.74. The summed E-state index contributed by atoms with van der Waals surface area (Å²) in [6.07, 6.45) is 0. The van der Waals surface area contributed by atoms with Crippen molar-refractivity contribution >= 4 is 28.4 Å². The van der Waals surface area contributed by atoms with E-state index in [0.29, 0.717) is 0 Å². The number of rotatable bonds is 3. The molecule has 0 fully saturated rings. The monoisotopic (exact) mass is 272 g/mol. The number of nitrogens with zero attached hydrogens (tertiary/aromatic N) is 1. The molecule has 20 heavy (non-hydrogen) atoms. The number of carbonyl (C=O) groups excluding carboxylic acids is 1. The predicted octanol–water partition coefficient (Wildman–Crippen LogP) is 1.74. The summed E-state index contributed by atoms with van der Waals surface area (Å²) in [5.74, 6) is -2.09. The maximum atomic E-state index is 11.9. The fourth-order valence-electron chi connectivity index (χ4n) is 1.65. The number of aromatic hydroxyl groups is 1. The fourth-order valence-corrected chi connectivity index (χ4v) is 1.65. The second kappa shape index (κ2) is 5.40. The molecule has 3 N–H and O–H groups in total. The minimum atomic E-state index is -1.23. The molecule has 0 unspecified atom stereocenters. The van der Waals surface area contributed by atoms with Crippen molar-refractivity contribution in [2.45, 2.75) is 6.92 Å². The predicted molar refractivity (Wildman–Crippen MR) is 73.8 cm³/mol. The lowest BCUT2D eigenvalue weighted by Gasteiger charge is -2.06. The van der Waals surface area contributed by atoms with Crippen LogP contribution in [-0.2, 0) is 4.79 Å². The first-order valence-electron chi connectivity index (χ1n) is 5.78. The highest BCUT2D eigenvalue weighted by Crippen LogP contribution is 2.24. The Balaban J connectivity index is 2.33. The Morgan fingerprint density at radius 2 is 1.75 bits per heavy atom. The first-order valence-corrected chi connectivity index (χ1v) is 5.78. The van der Waals surface area contributed by atoms with E-state index >= 15 is 0 Å². The summed E-state index contributed by atoms with van der Waals surface area (Å²) in [4.78, 5) is 22.4. The zero-order chi connectivity index (χ0) is 14.7. The number of benzene rings is 2. The largest absolute Gasteiger partial charge is 0.507 e. The molecule has 102 valence electrons. The first-order chi connectivity index (χ1) is 9.49. The van der Waals surface area contributed by atoms with E-state index in [4.69, 9.17) is 5.11 Å². The number of hydrazone groups is 1. The van der Waals surface area contributed by atoms with E-state index in [1.807, 2.05) is 18.2 Å². The number of phenolic OH excluding ortho intramolecular Hbond substituents is 1. The van der Waals surface area contributed by atoms with Gasteiger partial charge < -0.3 is 10.2 Å². The average Bonchev–Trinajstić information content (AvgIpc) is 2.43. The number of hydrogen-bond donors (Lipinski definition) is 3. The van der Waals surface area contributed by atoms with Gasteiger partial charge in [0.2, 0.25) is 0 Å². The van der Waals surface area contributed by atoms with Crippen molar-refractivity contribution in [1.29, 1.82) is 0 Å². The van der Waals surface area contributed by atoms with E-state index in [9.17, 15) is 14.7 Å². The Morgan fingerprint density at radius 3 is 2.35 bits per heavy atom. The van der Waals surface area contributed by atoms with Crippen molar-refractivity contribution in [3.05, 3.63) is 42.0 Å². The number of amides is 1. The highest BCUT2D eigenvalue weighted by Gasteiger charge is 2.12. The normalized spacial score (nSPS) is 11.3. The van der Waals surface area contributed by atoms with Crippen LogP contribution in [0.1, 0.15) is 17.3 Å². The van der Waals surface area contributed by atoms with E-state index < -0.39 is 11.9 Å². The third kappa shape index (κ3) is 2.74. The van der Waals surface area contributed by atoms with E-state index in [1.165, 1.54) is 19.1 Å². The lowest BCUT2D eigenvalue weighted by Crippen LogP contribution is -2.21. The van der Waals surface area contributed by atoms with Gasteiger partial charge in [0.1, 0.15) is 11.5 Å². The van der Waals surface area contributed by atoms with Crippen LogP contribution < -0.4 is 5.43 Å². The Labute approximate surface area is 114 Å². The smallest absolute Gasteiger partial charge is 0.351 e. The van der Waals surface area contributed by atoms with Crippen LogP contribution in [-0.4, -0.2) is 27.8 Å². The van der Waals surface area contributed by atoms with Crippen molar-refractivity contribution in [3.63, 3.8) is 0 Å². The molecule has 0 saturated carbocycles. The van der Waals surface area contributed by atoms with Gasteiger partial charge in [-0.25, -0.2) is 10.2 Å². The summed E-state index contributed by atoms with van der Waals surface area (Å²) in [7, 11) is 0. The zero-order valence-corrected chi connectivity index (χ0v) is 10.6. The second-order valence-electron chi connectivity index (χ2n) is 4.16. The molecule has 0 aromatic heterocycles. The van der Waals surface area contributed by atoms with Crippen molar-refractivity contribution in [3.8, 4) is 5.75 Å². The summed E-state index contributed by atoms with van der Waals surface area (Å²) in [6, 6.07) is 10.2. The number of phenols is 1. The molecule has 0 aliphatic rings. The zero-order valence-electron chi connectivity index (χ0n) is 10.6. The maximum Gasteiger partial charge on any atom is 0.351 e. The maximum absolute atomic E-state index is 11.9. The molecule has 2 aromatic carbocycles. The number of hydrogen-bond acceptors (Lipinski definition) is 4. The Hall–Kier alpha value is -2.89. The molecule has 0 saturated heterocycles. The van der Waals surface area contributed by atoms with Gasteiger partial charge in [0, 0.05) is 0 Å². The van der Waals surface area contributed by atoms with E-state index in [-0.39, 0.29) is 17.0 Å². The summed E-state index contributed by atoms with van der Waals surface area (Å²) in [6.45, 7) is 1.25. The van der Waals surface area contributed by atoms with Gasteiger partial charge >= 0.3 is 5.97 Å². The molecule has 2 aromatic rings. The number of aliphatic carboxylic acids is 1. The lowest BCUT2D eigenvalue weighted by molar-refractivity contribution is -0.129. The molecule has 0 atom stereocenters. The molecule has 0 heterocycles. The number of carboxylic acid groups (broad SMARTS) is 1. The van der Waals surface area contributed by atoms with Crippen LogP contribution in [0.25, 0.3) is 10.8 Å². The van der Waals surface area contributed by atoms with Gasteiger partial charge in [0.25, 0.3) is 5.91 Å². The van der Waals surface area contributed by atoms with Gasteiger partial charge in [0.15, 0.2) is 0 Å². The first kappa shape index (κ1) is 13.5. The summed E-state index contributed by atoms with van der Waals surface area (Å²) >= 11 is 0. The summed E-state index contributed by atoms with van der Waals surface area (Å²) in [5.41, 5.74) is 1.88. The van der Waals surface area contributed by atoms with Crippen LogP contribution in [0.2, 0.25) is 0 Å². The van der Waals surface area contributed by atoms with Gasteiger partial charge in [-0.1, -0.05) is 24.3 Å². The van der Waals surface area contributed by atoms with Gasteiger partial charge in [0.05, 0.1) is 5.56 Å². The van der Waals surface area contributed by atoms with Crippen LogP contribution >= 0.6 is 0 Å². The third-order valence-electron chi connectivity index (χ3n) is 2.74. The molecular weight excluding hydrogens is 260 g/mol. The van der Waals surface area contributed by atoms with Crippen LogP contribution in [0.15, 0.2) is 41.5 Å². The molecule has 0 bridgehead atoms. The van der Waals surface area contributed by atoms with E-state index in [0.717, 1.165) is 10.8 Å². The van der Waals surface area contributed by atoms with Crippen molar-refractivity contribution in [2.24, 2.45) is 5.10 Å². The Kier molecular flexibility index (Phi) is 3.65. The highest BCUT2D eigenvalue weighted by molar-refractivity contribution is 6.34. The van der Waals surface area contributed by atoms with Crippen LogP contribution in [0.3, 0.4) is 0 Å². The molecule has 0 spiro atoms. The SMILES string of the molecule is C/C(=N\NC(=O)c1cc2ccccc2cc1O)C(=O)O. The van der Waals surface area contributed by atoms with E-state index in [2.05, 4.69) is 10.5 Å². The molecule has 2 rings (SSSR count). The molecule has 0 radical (unpaired) electrons. The van der Waals surface area contributed by atoms with Crippen LogP contribution in [0.4, 0.5) is 0 Å². The summed E-state index contributed by atoms with van der Waals surface area (Å²) in [5, 5.41) is 23.5. The van der Waals surface area contributed by atoms with Gasteiger partial charge in [-0.3, -0.25) is 4.79 Å². The standard InChI is InChI=1S/C14H12N2O4/c1-8(14(19)20)15-16-13(18)11-6-9-4-2-3-5-10(9)7-12(11)17/h2-7,17H,1H3,(H,16,18)(H,19,20)/b15-8+. The minimum absolute atomic E-state index is 0.0330. The Bertz CT molecular complexity index is 722. The van der Waals surface area contributed by atoms with Crippen molar-refractivity contribution in [2.75, 3.05) is 0 Å². The van der Waals surface area contributed by atoms with Crippen molar-refractivity contribution < 1.29 is 19.8 Å². The van der Waals surface area contributed by atoms with Crippen LogP contribution in [0.5, 0.6) is 5.75 Å². The minimum Gasteiger partial charge on any atom is -0.507 e. The summed E-state index contributed by atoms with van der Waals surface area (Å²) < 4.78 is 0. The van der Waals surface area contributed by atoms with E-state index in [1.54, 1.807) is 6.07 Å². The number of carboxylic acids is 1. The number of nitrogens with one attached hydrogen (secondary N) is 1. The molecule has 1 amide bonds. The Morgan fingerprint density at radius 1 is 1.15 bits per heavy atom. The number of carbonyl (C=O) groups is 2.